The van der Waals surface area contributed by atoms with E-state index < -0.39 is 12.0 Å². The maximum atomic E-state index is 12.5. The molecule has 3 aromatic rings. The minimum absolute atomic E-state index is 0.204. The number of hydrogen-bond acceptors (Lipinski definition) is 5. The Hall–Kier alpha value is -2.81. The minimum atomic E-state index is -4.75. The maximum absolute atomic E-state index is 12.5. The van der Waals surface area contributed by atoms with Gasteiger partial charge in [0.2, 0.25) is 0 Å². The van der Waals surface area contributed by atoms with Crippen LogP contribution in [0.3, 0.4) is 0 Å². The molecule has 0 radical (unpaired) electrons. The number of rotatable bonds is 4. The number of nitrogens with one attached hydrogen (secondary N) is 1. The van der Waals surface area contributed by atoms with Crippen LogP contribution in [0.15, 0.2) is 42.6 Å². The van der Waals surface area contributed by atoms with Crippen molar-refractivity contribution in [1.82, 2.24) is 14.6 Å². The van der Waals surface area contributed by atoms with Gasteiger partial charge >= 0.3 is 6.36 Å². The largest absolute Gasteiger partial charge is 0.573 e. The van der Waals surface area contributed by atoms with E-state index >= 15 is 0 Å². The molecule has 1 aliphatic rings. The monoisotopic (exact) mass is 406 g/mol. The van der Waals surface area contributed by atoms with Crippen molar-refractivity contribution in [3.8, 4) is 17.0 Å². The fourth-order valence-electron chi connectivity index (χ4n) is 3.59. The van der Waals surface area contributed by atoms with Crippen LogP contribution in [0.25, 0.3) is 16.9 Å². The van der Waals surface area contributed by atoms with Crippen LogP contribution in [0, 0.1) is 0 Å². The molecule has 2 N–H and O–H groups in total. The van der Waals surface area contributed by atoms with Crippen molar-refractivity contribution in [3.63, 3.8) is 0 Å². The highest BCUT2D eigenvalue weighted by Crippen LogP contribution is 2.30. The van der Waals surface area contributed by atoms with Crippen molar-refractivity contribution >= 4 is 11.5 Å². The molecule has 9 heteroatoms. The van der Waals surface area contributed by atoms with Crippen molar-refractivity contribution in [2.75, 3.05) is 5.32 Å². The molecule has 0 unspecified atom stereocenters. The summed E-state index contributed by atoms with van der Waals surface area (Å²) in [5.41, 5.74) is 1.04. The minimum Gasteiger partial charge on any atom is -0.406 e. The molecule has 0 saturated heterocycles. The van der Waals surface area contributed by atoms with Gasteiger partial charge < -0.3 is 15.2 Å². The number of ether oxygens (including phenoxy) is 1. The lowest BCUT2D eigenvalue weighted by atomic mass is 9.84. The number of fused-ring (bicyclic) bond motifs is 1. The van der Waals surface area contributed by atoms with Crippen molar-refractivity contribution in [1.29, 1.82) is 0 Å². The van der Waals surface area contributed by atoms with Gasteiger partial charge in [0.25, 0.3) is 0 Å². The van der Waals surface area contributed by atoms with Crippen molar-refractivity contribution in [2.24, 2.45) is 0 Å². The van der Waals surface area contributed by atoms with Crippen LogP contribution in [0.2, 0.25) is 0 Å². The van der Waals surface area contributed by atoms with Gasteiger partial charge in [-0.1, -0.05) is 12.1 Å². The molecule has 1 fully saturated rings. The van der Waals surface area contributed by atoms with E-state index in [-0.39, 0.29) is 11.8 Å². The lowest BCUT2D eigenvalue weighted by Crippen LogP contribution is -2.36. The summed E-state index contributed by atoms with van der Waals surface area (Å²) in [6.45, 7) is 1.85. The van der Waals surface area contributed by atoms with Gasteiger partial charge in [0.05, 0.1) is 17.5 Å². The number of nitrogens with zero attached hydrogens (tertiary/aromatic N) is 3. The second-order valence-electron chi connectivity index (χ2n) is 7.62. The van der Waals surface area contributed by atoms with E-state index in [0.717, 1.165) is 25.7 Å². The summed E-state index contributed by atoms with van der Waals surface area (Å²) in [6.07, 6.45) is -0.0835. The average molecular weight is 406 g/mol. The van der Waals surface area contributed by atoms with Crippen LogP contribution in [-0.4, -0.2) is 37.7 Å². The normalized spacial score (nSPS) is 22.6. The smallest absolute Gasteiger partial charge is 0.406 e. The molecule has 2 heterocycles. The van der Waals surface area contributed by atoms with Crippen molar-refractivity contribution in [3.05, 3.63) is 42.6 Å². The Morgan fingerprint density at radius 2 is 1.97 bits per heavy atom. The standard InChI is InChI=1S/C20H21F3N4O2/c1-19(28)9-7-14(8-10-19)25-17-5-6-18-24-12-16(27(18)26-17)13-3-2-4-15(11-13)29-20(21,22)23/h2-6,11-12,14,28H,7-10H2,1H3,(H,25,26). The molecule has 0 amide bonds. The number of aliphatic hydroxyl groups is 1. The maximum Gasteiger partial charge on any atom is 0.573 e. The zero-order chi connectivity index (χ0) is 20.6. The molecule has 0 atom stereocenters. The molecular formula is C20H21F3N4O2. The van der Waals surface area contributed by atoms with Crippen molar-refractivity contribution < 1.29 is 23.0 Å². The number of imidazole rings is 1. The predicted molar refractivity (Wildman–Crippen MR) is 102 cm³/mol. The number of aromatic nitrogens is 3. The summed E-state index contributed by atoms with van der Waals surface area (Å²) in [4.78, 5) is 4.28. The lowest BCUT2D eigenvalue weighted by Gasteiger charge is -2.33. The summed E-state index contributed by atoms with van der Waals surface area (Å²) in [5.74, 6) is 0.347. The van der Waals surface area contributed by atoms with Gasteiger partial charge in [-0.05, 0) is 56.9 Å². The number of halogens is 3. The Bertz CT molecular complexity index is 1010. The predicted octanol–water partition coefficient (Wildman–Crippen LogP) is 4.40. The summed E-state index contributed by atoms with van der Waals surface area (Å²) in [6, 6.07) is 9.55. The zero-order valence-corrected chi connectivity index (χ0v) is 15.8. The van der Waals surface area contributed by atoms with Gasteiger partial charge in [0, 0.05) is 11.6 Å². The summed E-state index contributed by atoms with van der Waals surface area (Å²) in [5, 5.41) is 18.0. The highest BCUT2D eigenvalue weighted by molar-refractivity contribution is 5.65. The van der Waals surface area contributed by atoms with Crippen LogP contribution in [0.5, 0.6) is 5.75 Å². The van der Waals surface area contributed by atoms with E-state index in [1.807, 2.05) is 13.0 Å². The highest BCUT2D eigenvalue weighted by atomic mass is 19.4. The Balaban J connectivity index is 1.59. The first-order valence-corrected chi connectivity index (χ1v) is 9.38. The van der Waals surface area contributed by atoms with E-state index in [9.17, 15) is 18.3 Å². The van der Waals surface area contributed by atoms with E-state index in [1.165, 1.54) is 18.2 Å². The third kappa shape index (κ3) is 4.61. The molecule has 1 saturated carbocycles. The van der Waals surface area contributed by atoms with Crippen LogP contribution in [0.4, 0.5) is 19.0 Å². The summed E-state index contributed by atoms with van der Waals surface area (Å²) < 4.78 is 43.1. The van der Waals surface area contributed by atoms with E-state index in [0.29, 0.717) is 22.7 Å². The topological polar surface area (TPSA) is 71.7 Å². The van der Waals surface area contributed by atoms with Gasteiger partial charge in [-0.3, -0.25) is 0 Å². The lowest BCUT2D eigenvalue weighted by molar-refractivity contribution is -0.274. The molecule has 1 aliphatic carbocycles. The van der Waals surface area contributed by atoms with E-state index in [1.54, 1.807) is 22.8 Å². The average Bonchev–Trinajstić information content (AvgIpc) is 3.05. The molecule has 1 aromatic carbocycles. The first kappa shape index (κ1) is 19.5. The van der Waals surface area contributed by atoms with E-state index in [4.69, 9.17) is 0 Å². The molecule has 29 heavy (non-hydrogen) atoms. The van der Waals surface area contributed by atoms with Crippen LogP contribution >= 0.6 is 0 Å². The first-order chi connectivity index (χ1) is 13.7. The molecule has 2 aromatic heterocycles. The molecule has 6 nitrogen and oxygen atoms in total. The molecule has 154 valence electrons. The molecule has 0 spiro atoms. The Morgan fingerprint density at radius 3 is 2.69 bits per heavy atom. The Morgan fingerprint density at radius 1 is 1.21 bits per heavy atom. The Labute approximate surface area is 165 Å². The third-order valence-electron chi connectivity index (χ3n) is 5.14. The molecule has 4 rings (SSSR count). The van der Waals surface area contributed by atoms with Crippen molar-refractivity contribution in [2.45, 2.75) is 50.6 Å². The SMILES string of the molecule is CC1(O)CCC(Nc2ccc3ncc(-c4cccc(OC(F)(F)F)c4)n3n2)CC1. The fourth-order valence-corrected chi connectivity index (χ4v) is 3.59. The van der Waals surface area contributed by atoms with Gasteiger partial charge in [-0.2, -0.15) is 0 Å². The van der Waals surface area contributed by atoms with E-state index in [2.05, 4.69) is 20.1 Å². The number of anilines is 1. The highest BCUT2D eigenvalue weighted by Gasteiger charge is 2.31. The van der Waals surface area contributed by atoms with Gasteiger partial charge in [-0.25, -0.2) is 9.50 Å². The first-order valence-electron chi connectivity index (χ1n) is 9.38. The number of alkyl halides is 3. The quantitative estimate of drug-likeness (QED) is 0.672. The molecule has 0 aliphatic heterocycles. The van der Waals surface area contributed by atoms with Crippen LogP contribution in [0.1, 0.15) is 32.6 Å². The molecular weight excluding hydrogens is 385 g/mol. The van der Waals surface area contributed by atoms with Crippen LogP contribution < -0.4 is 10.1 Å². The second kappa shape index (κ2) is 7.22. The zero-order valence-electron chi connectivity index (χ0n) is 15.8. The summed E-state index contributed by atoms with van der Waals surface area (Å²) in [7, 11) is 0. The third-order valence-corrected chi connectivity index (χ3v) is 5.14. The van der Waals surface area contributed by atoms with Gasteiger partial charge in [0.15, 0.2) is 5.65 Å². The second-order valence-corrected chi connectivity index (χ2v) is 7.62. The van der Waals surface area contributed by atoms with Crippen LogP contribution in [-0.2, 0) is 0 Å². The Kier molecular flexibility index (Phi) is 4.85. The van der Waals surface area contributed by atoms with Gasteiger partial charge in [-0.15, -0.1) is 18.3 Å². The summed E-state index contributed by atoms with van der Waals surface area (Å²) >= 11 is 0. The van der Waals surface area contributed by atoms with Gasteiger partial charge in [0.1, 0.15) is 11.6 Å². The fraction of sp³-hybridized carbons (Fsp3) is 0.400. The number of benzene rings is 1. The molecule has 0 bridgehead atoms. The number of hydrogen-bond donors (Lipinski definition) is 2.